The molecule has 2 N–H and O–H groups in total. The molecule has 0 saturated carbocycles. The molecule has 0 fully saturated rings. The van der Waals surface area contributed by atoms with E-state index in [0.717, 1.165) is 0 Å². The Bertz CT molecular complexity index is 113. The van der Waals surface area contributed by atoms with E-state index in [9.17, 15) is 5.11 Å². The van der Waals surface area contributed by atoms with Crippen LogP contribution in [0.3, 0.4) is 0 Å². The van der Waals surface area contributed by atoms with Crippen molar-refractivity contribution in [1.29, 1.82) is 0 Å². The van der Waals surface area contributed by atoms with Crippen LogP contribution < -0.4 is 5.32 Å². The summed E-state index contributed by atoms with van der Waals surface area (Å²) in [5.74, 6) is 0.274. The Labute approximate surface area is 80.2 Å². The van der Waals surface area contributed by atoms with E-state index in [-0.39, 0.29) is 18.3 Å². The van der Waals surface area contributed by atoms with E-state index in [0.29, 0.717) is 13.1 Å². The first kappa shape index (κ1) is 12.8. The van der Waals surface area contributed by atoms with Gasteiger partial charge < -0.3 is 19.9 Å². The van der Waals surface area contributed by atoms with E-state index in [4.69, 9.17) is 9.47 Å². The summed E-state index contributed by atoms with van der Waals surface area (Å²) in [5, 5.41) is 12.5. The average Bonchev–Trinajstić information content (AvgIpc) is 2.12. The van der Waals surface area contributed by atoms with Crippen molar-refractivity contribution in [3.05, 3.63) is 0 Å². The van der Waals surface area contributed by atoms with Crippen molar-refractivity contribution in [2.24, 2.45) is 5.92 Å². The molecule has 0 aliphatic heterocycles. The molecular formula is C9H21NO3. The standard InChI is InChI=1S/C9H21NO3/c1-7(2)8(11)5-10-6-9(12-3)13-4/h7-11H,5-6H2,1-4H3. The highest BCUT2D eigenvalue weighted by molar-refractivity contribution is 4.63. The van der Waals surface area contributed by atoms with Gasteiger partial charge in [0.15, 0.2) is 6.29 Å². The van der Waals surface area contributed by atoms with Crippen LogP contribution in [0.15, 0.2) is 0 Å². The fraction of sp³-hybridized carbons (Fsp3) is 1.00. The van der Waals surface area contributed by atoms with Crippen LogP contribution in [0.4, 0.5) is 0 Å². The minimum Gasteiger partial charge on any atom is -0.392 e. The number of aliphatic hydroxyl groups excluding tert-OH is 1. The van der Waals surface area contributed by atoms with Crippen molar-refractivity contribution in [3.63, 3.8) is 0 Å². The number of methoxy groups -OCH3 is 2. The number of hydrogen-bond acceptors (Lipinski definition) is 4. The van der Waals surface area contributed by atoms with Gasteiger partial charge >= 0.3 is 0 Å². The molecule has 0 heterocycles. The largest absolute Gasteiger partial charge is 0.392 e. The monoisotopic (exact) mass is 191 g/mol. The molecule has 0 radical (unpaired) electrons. The lowest BCUT2D eigenvalue weighted by atomic mass is 10.1. The summed E-state index contributed by atoms with van der Waals surface area (Å²) in [6.07, 6.45) is -0.547. The third kappa shape index (κ3) is 5.99. The Kier molecular flexibility index (Phi) is 7.17. The molecule has 0 rings (SSSR count). The van der Waals surface area contributed by atoms with Crippen molar-refractivity contribution >= 4 is 0 Å². The topological polar surface area (TPSA) is 50.7 Å². The van der Waals surface area contributed by atoms with E-state index in [1.807, 2.05) is 13.8 Å². The van der Waals surface area contributed by atoms with Crippen LogP contribution >= 0.6 is 0 Å². The van der Waals surface area contributed by atoms with Gasteiger partial charge in [0, 0.05) is 27.3 Å². The lowest BCUT2D eigenvalue weighted by Crippen LogP contribution is -2.36. The number of aliphatic hydroxyl groups is 1. The molecule has 4 nitrogen and oxygen atoms in total. The number of nitrogens with one attached hydrogen (secondary N) is 1. The molecule has 1 unspecified atom stereocenters. The minimum absolute atomic E-state index is 0.237. The zero-order valence-electron chi connectivity index (χ0n) is 8.91. The summed E-state index contributed by atoms with van der Waals surface area (Å²) in [6.45, 7) is 5.13. The van der Waals surface area contributed by atoms with Gasteiger partial charge in [-0.25, -0.2) is 0 Å². The Morgan fingerprint density at radius 1 is 1.15 bits per heavy atom. The van der Waals surface area contributed by atoms with Crippen LogP contribution in [0, 0.1) is 5.92 Å². The van der Waals surface area contributed by atoms with Crippen molar-refractivity contribution in [1.82, 2.24) is 5.32 Å². The fourth-order valence-electron chi connectivity index (χ4n) is 0.848. The van der Waals surface area contributed by atoms with Crippen LogP contribution in [0.2, 0.25) is 0 Å². The van der Waals surface area contributed by atoms with E-state index in [2.05, 4.69) is 5.32 Å². The molecule has 0 aromatic heterocycles. The Morgan fingerprint density at radius 3 is 2.08 bits per heavy atom. The second-order valence-electron chi connectivity index (χ2n) is 3.37. The maximum Gasteiger partial charge on any atom is 0.169 e. The fourth-order valence-corrected chi connectivity index (χ4v) is 0.848. The van der Waals surface area contributed by atoms with Gasteiger partial charge in [-0.1, -0.05) is 13.8 Å². The molecule has 0 bridgehead atoms. The zero-order valence-corrected chi connectivity index (χ0v) is 8.91. The van der Waals surface area contributed by atoms with Gasteiger partial charge in [-0.15, -0.1) is 0 Å². The summed E-state index contributed by atoms with van der Waals surface area (Å²) < 4.78 is 9.95. The highest BCUT2D eigenvalue weighted by Gasteiger charge is 2.10. The van der Waals surface area contributed by atoms with E-state index in [1.165, 1.54) is 0 Å². The van der Waals surface area contributed by atoms with Crippen LogP contribution in [-0.2, 0) is 9.47 Å². The summed E-state index contributed by atoms with van der Waals surface area (Å²) in [7, 11) is 3.18. The van der Waals surface area contributed by atoms with Crippen molar-refractivity contribution in [2.45, 2.75) is 26.2 Å². The molecule has 0 aromatic carbocycles. The third-order valence-electron chi connectivity index (χ3n) is 1.96. The van der Waals surface area contributed by atoms with Gasteiger partial charge in [0.25, 0.3) is 0 Å². The van der Waals surface area contributed by atoms with Crippen LogP contribution in [0.5, 0.6) is 0 Å². The Hall–Kier alpha value is -0.160. The maximum absolute atomic E-state index is 9.44. The van der Waals surface area contributed by atoms with Crippen LogP contribution in [0.25, 0.3) is 0 Å². The Morgan fingerprint density at radius 2 is 1.69 bits per heavy atom. The van der Waals surface area contributed by atoms with Crippen molar-refractivity contribution in [3.8, 4) is 0 Å². The molecule has 0 amide bonds. The SMILES string of the molecule is COC(CNCC(O)C(C)C)OC. The summed E-state index contributed by atoms with van der Waals surface area (Å²) in [6, 6.07) is 0. The van der Waals surface area contributed by atoms with Gasteiger partial charge in [-0.2, -0.15) is 0 Å². The minimum atomic E-state index is -0.311. The van der Waals surface area contributed by atoms with Gasteiger partial charge in [0.1, 0.15) is 0 Å². The molecule has 1 atom stereocenters. The van der Waals surface area contributed by atoms with E-state index >= 15 is 0 Å². The Balaban J connectivity index is 3.43. The predicted octanol–water partition coefficient (Wildman–Crippen LogP) is 0.212. The second-order valence-corrected chi connectivity index (χ2v) is 3.37. The quantitative estimate of drug-likeness (QED) is 0.565. The molecule has 80 valence electrons. The molecular weight excluding hydrogens is 170 g/mol. The van der Waals surface area contributed by atoms with Gasteiger partial charge in [-0.05, 0) is 5.92 Å². The molecule has 0 spiro atoms. The zero-order chi connectivity index (χ0) is 10.3. The van der Waals surface area contributed by atoms with Crippen molar-refractivity contribution < 1.29 is 14.6 Å². The smallest absolute Gasteiger partial charge is 0.169 e. The van der Waals surface area contributed by atoms with Gasteiger partial charge in [0.05, 0.1) is 6.10 Å². The normalized spacial score (nSPS) is 14.1. The third-order valence-corrected chi connectivity index (χ3v) is 1.96. The molecule has 0 aromatic rings. The lowest BCUT2D eigenvalue weighted by Gasteiger charge is -2.18. The number of hydrogen-bond donors (Lipinski definition) is 2. The molecule has 0 saturated heterocycles. The molecule has 4 heteroatoms. The maximum atomic E-state index is 9.44. The van der Waals surface area contributed by atoms with Crippen LogP contribution in [-0.4, -0.2) is 44.8 Å². The van der Waals surface area contributed by atoms with Crippen LogP contribution in [0.1, 0.15) is 13.8 Å². The molecule has 0 aliphatic rings. The second kappa shape index (κ2) is 7.26. The van der Waals surface area contributed by atoms with E-state index < -0.39 is 0 Å². The molecule has 13 heavy (non-hydrogen) atoms. The highest BCUT2D eigenvalue weighted by atomic mass is 16.7. The van der Waals surface area contributed by atoms with Gasteiger partial charge in [-0.3, -0.25) is 0 Å². The van der Waals surface area contributed by atoms with Gasteiger partial charge in [0.2, 0.25) is 0 Å². The first-order valence-electron chi connectivity index (χ1n) is 4.56. The first-order chi connectivity index (χ1) is 6.11. The number of rotatable bonds is 7. The van der Waals surface area contributed by atoms with Crippen molar-refractivity contribution in [2.75, 3.05) is 27.3 Å². The summed E-state index contributed by atoms with van der Waals surface area (Å²) in [4.78, 5) is 0. The first-order valence-corrected chi connectivity index (χ1v) is 4.56. The summed E-state index contributed by atoms with van der Waals surface area (Å²) in [5.41, 5.74) is 0. The summed E-state index contributed by atoms with van der Waals surface area (Å²) >= 11 is 0. The highest BCUT2D eigenvalue weighted by Crippen LogP contribution is 1.98. The number of ether oxygens (including phenoxy) is 2. The average molecular weight is 191 g/mol. The van der Waals surface area contributed by atoms with E-state index in [1.54, 1.807) is 14.2 Å². The molecule has 0 aliphatic carbocycles. The lowest BCUT2D eigenvalue weighted by molar-refractivity contribution is -0.0996. The predicted molar refractivity (Wildman–Crippen MR) is 51.5 cm³/mol.